The predicted molar refractivity (Wildman–Crippen MR) is 151 cm³/mol. The number of aliphatic hydroxyl groups excluding tert-OH is 2. The molecule has 0 saturated heterocycles. The standard InChI is InChI=1S/C28H45N4O5S/c1-20(17-33)15-22(18-34)27-32(13-14-38-27)26(25(37)21-9-5-4-6-10-21)28(2,3)24(36)16-30-31-23(19-35)11-7-8-12-29/h4-6,9-10,19-20,22-23,26,30-31,33-34H,7-8,11-18,29H2,1-3H3/q+1/t20?,22?,23-,26?/m1/s1. The molecule has 0 radical (unpaired) electrons. The first-order chi connectivity index (χ1) is 18.2. The highest BCUT2D eigenvalue weighted by Crippen LogP contribution is 2.33. The van der Waals surface area contributed by atoms with Gasteiger partial charge in [-0.3, -0.25) is 9.59 Å². The summed E-state index contributed by atoms with van der Waals surface area (Å²) in [5.74, 6) is 0.170. The van der Waals surface area contributed by atoms with Crippen molar-refractivity contribution < 1.29 is 29.2 Å². The monoisotopic (exact) mass is 549 g/mol. The van der Waals surface area contributed by atoms with E-state index in [9.17, 15) is 24.6 Å². The maximum atomic E-state index is 14.0. The molecule has 0 aliphatic carbocycles. The number of hydrogen-bond acceptors (Lipinski definition) is 9. The first-order valence-electron chi connectivity index (χ1n) is 13.4. The second-order valence-corrected chi connectivity index (χ2v) is 11.7. The average molecular weight is 550 g/mol. The molecule has 1 heterocycles. The lowest BCUT2D eigenvalue weighted by Gasteiger charge is -2.30. The lowest BCUT2D eigenvalue weighted by atomic mass is 9.76. The molecule has 0 bridgehead atoms. The van der Waals surface area contributed by atoms with Crippen molar-refractivity contribution in [2.75, 3.05) is 38.6 Å². The molecule has 1 aliphatic rings. The molecular weight excluding hydrogens is 504 g/mol. The largest absolute Gasteiger partial charge is 0.396 e. The molecule has 0 spiro atoms. The van der Waals surface area contributed by atoms with E-state index < -0.39 is 17.5 Å². The number of aldehydes is 1. The smallest absolute Gasteiger partial charge is 0.231 e. The van der Waals surface area contributed by atoms with E-state index in [1.807, 2.05) is 17.6 Å². The summed E-state index contributed by atoms with van der Waals surface area (Å²) in [6.45, 7) is 6.47. The van der Waals surface area contributed by atoms with Crippen LogP contribution >= 0.6 is 11.8 Å². The van der Waals surface area contributed by atoms with Gasteiger partial charge in [-0.1, -0.05) is 55.4 Å². The predicted octanol–water partition coefficient (Wildman–Crippen LogP) is 1.41. The van der Waals surface area contributed by atoms with E-state index >= 15 is 0 Å². The number of rotatable bonds is 19. The van der Waals surface area contributed by atoms with E-state index in [1.165, 1.54) is 0 Å². The quantitative estimate of drug-likeness (QED) is 0.0569. The number of nitrogens with two attached hydrogens (primary N) is 1. The molecular formula is C28H45N4O5S+. The molecule has 10 heteroatoms. The van der Waals surface area contributed by atoms with Crippen LogP contribution in [0.4, 0.5) is 0 Å². The fourth-order valence-electron chi connectivity index (χ4n) is 4.81. The van der Waals surface area contributed by atoms with E-state index in [0.29, 0.717) is 31.5 Å². The lowest BCUT2D eigenvalue weighted by molar-refractivity contribution is -0.555. The van der Waals surface area contributed by atoms with Crippen LogP contribution in [0.5, 0.6) is 0 Å². The Hall–Kier alpha value is -1.95. The van der Waals surface area contributed by atoms with Gasteiger partial charge in [-0.05, 0) is 45.6 Å². The Kier molecular flexibility index (Phi) is 13.8. The van der Waals surface area contributed by atoms with Crippen molar-refractivity contribution in [2.24, 2.45) is 23.0 Å². The Labute approximate surface area is 230 Å². The molecule has 2 rings (SSSR count). The van der Waals surface area contributed by atoms with Crippen molar-refractivity contribution in [1.82, 2.24) is 10.9 Å². The van der Waals surface area contributed by atoms with Crippen molar-refractivity contribution in [3.63, 3.8) is 0 Å². The van der Waals surface area contributed by atoms with Gasteiger partial charge in [0.1, 0.15) is 6.29 Å². The highest BCUT2D eigenvalue weighted by atomic mass is 32.2. The number of carbonyl (C=O) groups is 3. The number of nitrogens with zero attached hydrogens (tertiary/aromatic N) is 1. The van der Waals surface area contributed by atoms with Gasteiger partial charge < -0.3 is 20.7 Å². The molecule has 6 N–H and O–H groups in total. The van der Waals surface area contributed by atoms with Gasteiger partial charge in [0.25, 0.3) is 0 Å². The van der Waals surface area contributed by atoms with E-state index in [2.05, 4.69) is 10.9 Å². The third-order valence-corrected chi connectivity index (χ3v) is 8.37. The van der Waals surface area contributed by atoms with E-state index in [-0.39, 0.29) is 43.2 Å². The minimum Gasteiger partial charge on any atom is -0.396 e. The molecule has 4 atom stereocenters. The summed E-state index contributed by atoms with van der Waals surface area (Å²) in [7, 11) is 0. The van der Waals surface area contributed by atoms with Gasteiger partial charge in [0.15, 0.2) is 12.3 Å². The Balaban J connectivity index is 2.35. The summed E-state index contributed by atoms with van der Waals surface area (Å²) in [5.41, 5.74) is 10.8. The molecule has 0 amide bonds. The zero-order valence-corrected chi connectivity index (χ0v) is 23.7. The third kappa shape index (κ3) is 8.79. The normalized spacial score (nSPS) is 17.2. The van der Waals surface area contributed by atoms with Crippen LogP contribution < -0.4 is 16.6 Å². The van der Waals surface area contributed by atoms with Crippen LogP contribution in [-0.2, 0) is 9.59 Å². The number of hydrazine groups is 1. The van der Waals surface area contributed by atoms with E-state index in [4.69, 9.17) is 5.73 Å². The van der Waals surface area contributed by atoms with Gasteiger partial charge >= 0.3 is 0 Å². The van der Waals surface area contributed by atoms with Crippen LogP contribution in [0.3, 0.4) is 0 Å². The van der Waals surface area contributed by atoms with Crippen molar-refractivity contribution >= 4 is 34.7 Å². The number of ketones is 2. The molecule has 38 heavy (non-hydrogen) atoms. The molecule has 0 saturated carbocycles. The summed E-state index contributed by atoms with van der Waals surface area (Å²) in [4.78, 5) is 39.0. The Morgan fingerprint density at radius 2 is 1.89 bits per heavy atom. The van der Waals surface area contributed by atoms with Gasteiger partial charge in [-0.25, -0.2) is 15.4 Å². The molecule has 3 unspecified atom stereocenters. The summed E-state index contributed by atoms with van der Waals surface area (Å²) < 4.78 is 2.00. The zero-order chi connectivity index (χ0) is 28.1. The van der Waals surface area contributed by atoms with Gasteiger partial charge in [-0.2, -0.15) is 0 Å². The summed E-state index contributed by atoms with van der Waals surface area (Å²) in [6.07, 6.45) is 3.62. The van der Waals surface area contributed by atoms with Gasteiger partial charge in [0.05, 0.1) is 36.3 Å². The van der Waals surface area contributed by atoms with Gasteiger partial charge in [0.2, 0.25) is 16.9 Å². The number of benzene rings is 1. The molecule has 0 fully saturated rings. The molecule has 9 nitrogen and oxygen atoms in total. The number of nitrogens with one attached hydrogen (secondary N) is 2. The number of Topliss-reactive ketones (excluding diaryl/α,β-unsaturated/α-hetero) is 2. The van der Waals surface area contributed by atoms with Gasteiger partial charge in [-0.15, -0.1) is 0 Å². The minimum absolute atomic E-state index is 0.00786. The van der Waals surface area contributed by atoms with Crippen LogP contribution in [0.15, 0.2) is 30.3 Å². The SMILES string of the molecule is CC(CO)CC(CO)C1=[N+](C(C(=O)c2ccccc2)C(C)(C)C(=O)CNN[C@@H](C=O)CCCCN)CCS1. The number of thioether (sulfide) groups is 1. The van der Waals surface area contributed by atoms with Crippen LogP contribution in [0.25, 0.3) is 0 Å². The fourth-order valence-corrected chi connectivity index (χ4v) is 6.07. The summed E-state index contributed by atoms with van der Waals surface area (Å²) >= 11 is 1.60. The second-order valence-electron chi connectivity index (χ2n) is 10.6. The molecule has 1 aromatic carbocycles. The number of carbonyl (C=O) groups excluding carboxylic acids is 3. The molecule has 212 valence electrons. The van der Waals surface area contributed by atoms with Crippen molar-refractivity contribution in [1.29, 1.82) is 0 Å². The maximum Gasteiger partial charge on any atom is 0.231 e. The highest BCUT2D eigenvalue weighted by molar-refractivity contribution is 8.13. The minimum atomic E-state index is -1.09. The van der Waals surface area contributed by atoms with Crippen LogP contribution in [-0.4, -0.2) is 88.4 Å². The number of hydrogen-bond donors (Lipinski definition) is 5. The zero-order valence-electron chi connectivity index (χ0n) is 22.9. The Morgan fingerprint density at radius 3 is 2.50 bits per heavy atom. The summed E-state index contributed by atoms with van der Waals surface area (Å²) in [6, 6.07) is 7.74. The first kappa shape index (κ1) is 32.3. The lowest BCUT2D eigenvalue weighted by Crippen LogP contribution is -2.54. The summed E-state index contributed by atoms with van der Waals surface area (Å²) in [5, 5.41) is 20.7. The molecule has 0 aromatic heterocycles. The second kappa shape index (κ2) is 16.2. The van der Waals surface area contributed by atoms with E-state index in [0.717, 1.165) is 29.9 Å². The maximum absolute atomic E-state index is 14.0. The highest BCUT2D eigenvalue weighted by Gasteiger charge is 2.51. The van der Waals surface area contributed by atoms with Crippen molar-refractivity contribution in [2.45, 2.75) is 58.5 Å². The van der Waals surface area contributed by atoms with Gasteiger partial charge in [0, 0.05) is 12.2 Å². The van der Waals surface area contributed by atoms with Crippen LogP contribution in [0.2, 0.25) is 0 Å². The Morgan fingerprint density at radius 1 is 1.18 bits per heavy atom. The topological polar surface area (TPSA) is 145 Å². The number of aliphatic hydroxyl groups is 2. The van der Waals surface area contributed by atoms with Crippen LogP contribution in [0.1, 0.15) is 56.8 Å². The number of unbranched alkanes of at least 4 members (excludes halogenated alkanes) is 1. The Bertz CT molecular complexity index is 940. The molecule has 1 aromatic rings. The first-order valence-corrected chi connectivity index (χ1v) is 14.4. The average Bonchev–Trinajstić information content (AvgIpc) is 3.39. The van der Waals surface area contributed by atoms with Crippen LogP contribution in [0, 0.1) is 17.3 Å². The van der Waals surface area contributed by atoms with Crippen molar-refractivity contribution in [3.05, 3.63) is 35.9 Å². The van der Waals surface area contributed by atoms with Crippen molar-refractivity contribution in [3.8, 4) is 0 Å². The third-order valence-electron chi connectivity index (χ3n) is 7.12. The van der Waals surface area contributed by atoms with E-state index in [1.54, 1.807) is 49.9 Å². The fraction of sp³-hybridized carbons (Fsp3) is 0.643. The molecule has 1 aliphatic heterocycles.